The second-order valence-corrected chi connectivity index (χ2v) is 7.97. The van der Waals surface area contributed by atoms with E-state index in [2.05, 4.69) is 52.5 Å². The van der Waals surface area contributed by atoms with Crippen LogP contribution in [0.1, 0.15) is 18.5 Å². The summed E-state index contributed by atoms with van der Waals surface area (Å²) in [4.78, 5) is 12.8. The van der Waals surface area contributed by atoms with Gasteiger partial charge in [-0.3, -0.25) is 4.98 Å². The van der Waals surface area contributed by atoms with Gasteiger partial charge in [0.2, 0.25) is 5.95 Å². The normalized spacial score (nSPS) is 12.1. The molecular weight excluding hydrogens is 404 g/mol. The molecule has 2 aromatic heterocycles. The summed E-state index contributed by atoms with van der Waals surface area (Å²) in [6.07, 6.45) is 1.89. The highest BCUT2D eigenvalue weighted by molar-refractivity contribution is 6.30. The summed E-state index contributed by atoms with van der Waals surface area (Å²) in [5, 5.41) is 4.17. The zero-order valence-corrected chi connectivity index (χ0v) is 17.8. The molecule has 0 amide bonds. The Kier molecular flexibility index (Phi) is 5.14. The largest absolute Gasteiger partial charge is 0.349 e. The molecule has 2 N–H and O–H groups in total. The second-order valence-electron chi connectivity index (χ2n) is 7.53. The molecule has 3 aromatic carbocycles. The Balaban J connectivity index is 1.38. The average Bonchev–Trinajstić information content (AvgIpc) is 3.22. The fourth-order valence-corrected chi connectivity index (χ4v) is 3.77. The van der Waals surface area contributed by atoms with Gasteiger partial charge in [-0.15, -0.1) is 0 Å². The molecule has 0 spiro atoms. The number of anilines is 1. The topological polar surface area (TPSA) is 53.6 Å². The van der Waals surface area contributed by atoms with Crippen LogP contribution in [0.5, 0.6) is 0 Å². The van der Waals surface area contributed by atoms with E-state index < -0.39 is 0 Å². The maximum atomic E-state index is 5.98. The lowest BCUT2D eigenvalue weighted by molar-refractivity contribution is 0.869. The number of hydrogen-bond donors (Lipinski definition) is 2. The number of nitrogens with one attached hydrogen (secondary N) is 2. The van der Waals surface area contributed by atoms with Crippen LogP contribution < -0.4 is 5.32 Å². The molecular formula is C26H21ClN4. The first-order chi connectivity index (χ1) is 15.2. The number of fused-ring (bicyclic) bond motifs is 1. The van der Waals surface area contributed by atoms with Crippen molar-refractivity contribution >= 4 is 28.6 Å². The van der Waals surface area contributed by atoms with Crippen molar-refractivity contribution in [3.05, 3.63) is 102 Å². The van der Waals surface area contributed by atoms with Crippen molar-refractivity contribution in [2.24, 2.45) is 0 Å². The molecule has 152 valence electrons. The fraction of sp³-hybridized carbons (Fsp3) is 0.0769. The number of imidazole rings is 1. The van der Waals surface area contributed by atoms with Crippen molar-refractivity contribution in [2.75, 3.05) is 5.32 Å². The van der Waals surface area contributed by atoms with Gasteiger partial charge in [0, 0.05) is 22.3 Å². The van der Waals surface area contributed by atoms with Crippen LogP contribution in [-0.4, -0.2) is 15.0 Å². The molecule has 0 unspecified atom stereocenters. The van der Waals surface area contributed by atoms with Crippen LogP contribution in [0.15, 0.2) is 91.1 Å². The minimum absolute atomic E-state index is 0.156. The number of pyridine rings is 1. The molecule has 5 rings (SSSR count). The third-order valence-corrected chi connectivity index (χ3v) is 5.62. The third-order valence-electron chi connectivity index (χ3n) is 5.37. The van der Waals surface area contributed by atoms with Gasteiger partial charge in [0.25, 0.3) is 0 Å². The minimum Gasteiger partial charge on any atom is -0.349 e. The first-order valence-electron chi connectivity index (χ1n) is 10.2. The molecule has 0 fully saturated rings. The molecule has 0 aliphatic carbocycles. The van der Waals surface area contributed by atoms with Crippen molar-refractivity contribution in [2.45, 2.75) is 13.0 Å². The van der Waals surface area contributed by atoms with Gasteiger partial charge in [-0.1, -0.05) is 66.2 Å². The van der Waals surface area contributed by atoms with Crippen LogP contribution in [-0.2, 0) is 0 Å². The molecule has 5 aromatic rings. The van der Waals surface area contributed by atoms with E-state index in [1.54, 1.807) is 0 Å². The number of nitrogens with zero attached hydrogens (tertiary/aromatic N) is 2. The van der Waals surface area contributed by atoms with Gasteiger partial charge >= 0.3 is 0 Å². The predicted octanol–water partition coefficient (Wildman–Crippen LogP) is 7.12. The van der Waals surface area contributed by atoms with Gasteiger partial charge in [0.1, 0.15) is 0 Å². The van der Waals surface area contributed by atoms with Crippen LogP contribution in [0.25, 0.3) is 33.4 Å². The van der Waals surface area contributed by atoms with Crippen molar-refractivity contribution in [1.82, 2.24) is 15.0 Å². The molecule has 0 aliphatic rings. The highest BCUT2D eigenvalue weighted by Gasteiger charge is 2.10. The number of halogens is 1. The zero-order valence-electron chi connectivity index (χ0n) is 17.0. The minimum atomic E-state index is 0.156. The van der Waals surface area contributed by atoms with E-state index in [-0.39, 0.29) is 6.04 Å². The summed E-state index contributed by atoms with van der Waals surface area (Å²) in [5.41, 5.74) is 7.21. The Morgan fingerprint density at radius 2 is 1.58 bits per heavy atom. The van der Waals surface area contributed by atoms with Crippen LogP contribution in [0.2, 0.25) is 5.02 Å². The summed E-state index contributed by atoms with van der Waals surface area (Å²) in [6.45, 7) is 2.13. The van der Waals surface area contributed by atoms with E-state index in [4.69, 9.17) is 16.6 Å². The molecule has 2 heterocycles. The molecule has 1 atom stereocenters. The Hall–Kier alpha value is -3.63. The second kappa shape index (κ2) is 8.25. The highest BCUT2D eigenvalue weighted by Crippen LogP contribution is 2.27. The number of aromatic amines is 1. The monoisotopic (exact) mass is 424 g/mol. The zero-order chi connectivity index (χ0) is 21.2. The summed E-state index contributed by atoms with van der Waals surface area (Å²) < 4.78 is 0. The van der Waals surface area contributed by atoms with Gasteiger partial charge < -0.3 is 10.3 Å². The van der Waals surface area contributed by atoms with E-state index >= 15 is 0 Å². The van der Waals surface area contributed by atoms with Crippen molar-refractivity contribution in [3.8, 4) is 22.4 Å². The molecule has 0 aliphatic heterocycles. The Labute approximate surface area is 186 Å². The number of rotatable bonds is 5. The Morgan fingerprint density at radius 1 is 0.839 bits per heavy atom. The SMILES string of the molecule is C[C@H](Nc1nc2cc(-c3ccc(-c4ccc(Cl)cc4)cn3)ccc2[nH]1)c1ccccc1. The summed E-state index contributed by atoms with van der Waals surface area (Å²) >= 11 is 5.98. The fourth-order valence-electron chi connectivity index (χ4n) is 3.64. The molecule has 31 heavy (non-hydrogen) atoms. The van der Waals surface area contributed by atoms with E-state index in [0.29, 0.717) is 0 Å². The standard InChI is InChI=1S/C26H21ClN4/c1-17(18-5-3-2-4-6-18)29-26-30-24-14-9-20(15-25(24)31-26)23-13-10-21(16-28-23)19-7-11-22(27)12-8-19/h2-17H,1H3,(H2,29,30,31)/t17-/m0/s1. The summed E-state index contributed by atoms with van der Waals surface area (Å²) in [6, 6.07) is 28.6. The number of hydrogen-bond acceptors (Lipinski definition) is 3. The van der Waals surface area contributed by atoms with Gasteiger partial charge in [-0.25, -0.2) is 4.98 Å². The number of H-pyrrole nitrogens is 1. The quantitative estimate of drug-likeness (QED) is 0.316. The lowest BCUT2D eigenvalue weighted by atomic mass is 10.1. The predicted molar refractivity (Wildman–Crippen MR) is 128 cm³/mol. The van der Waals surface area contributed by atoms with E-state index in [0.717, 1.165) is 44.4 Å². The summed E-state index contributed by atoms with van der Waals surface area (Å²) in [5.74, 6) is 0.759. The van der Waals surface area contributed by atoms with Gasteiger partial charge in [-0.2, -0.15) is 0 Å². The van der Waals surface area contributed by atoms with Crippen LogP contribution in [0.4, 0.5) is 5.95 Å². The smallest absolute Gasteiger partial charge is 0.201 e. The van der Waals surface area contributed by atoms with E-state index in [1.165, 1.54) is 5.56 Å². The lowest BCUT2D eigenvalue weighted by Crippen LogP contribution is -2.07. The average molecular weight is 425 g/mol. The molecule has 0 saturated heterocycles. The van der Waals surface area contributed by atoms with Crippen LogP contribution in [0.3, 0.4) is 0 Å². The molecule has 0 radical (unpaired) electrons. The first kappa shape index (κ1) is 19.3. The molecule has 0 bridgehead atoms. The van der Waals surface area contributed by atoms with Gasteiger partial charge in [0.15, 0.2) is 0 Å². The summed E-state index contributed by atoms with van der Waals surface area (Å²) in [7, 11) is 0. The molecule has 5 heteroatoms. The van der Waals surface area contributed by atoms with E-state index in [1.807, 2.05) is 60.8 Å². The van der Waals surface area contributed by atoms with E-state index in [9.17, 15) is 0 Å². The lowest BCUT2D eigenvalue weighted by Gasteiger charge is -2.12. The van der Waals surface area contributed by atoms with Crippen molar-refractivity contribution in [1.29, 1.82) is 0 Å². The third kappa shape index (κ3) is 4.16. The highest BCUT2D eigenvalue weighted by atomic mass is 35.5. The maximum absolute atomic E-state index is 5.98. The van der Waals surface area contributed by atoms with Crippen LogP contribution >= 0.6 is 11.6 Å². The molecule has 4 nitrogen and oxygen atoms in total. The number of aromatic nitrogens is 3. The Morgan fingerprint density at radius 3 is 2.32 bits per heavy atom. The van der Waals surface area contributed by atoms with Gasteiger partial charge in [0.05, 0.1) is 22.8 Å². The molecule has 0 saturated carbocycles. The number of benzene rings is 3. The first-order valence-corrected chi connectivity index (χ1v) is 10.6. The van der Waals surface area contributed by atoms with Crippen molar-refractivity contribution in [3.63, 3.8) is 0 Å². The van der Waals surface area contributed by atoms with Crippen LogP contribution in [0, 0.1) is 0 Å². The van der Waals surface area contributed by atoms with Crippen molar-refractivity contribution < 1.29 is 0 Å². The van der Waals surface area contributed by atoms with Gasteiger partial charge in [-0.05, 0) is 48.4 Å². The Bertz CT molecular complexity index is 1310. The maximum Gasteiger partial charge on any atom is 0.201 e.